The van der Waals surface area contributed by atoms with Gasteiger partial charge in [-0.25, -0.2) is 0 Å². The topological polar surface area (TPSA) is 63.3 Å². The van der Waals surface area contributed by atoms with Crippen LogP contribution in [-0.2, 0) is 4.79 Å². The number of hydrogen-bond donors (Lipinski definition) is 2. The summed E-state index contributed by atoms with van der Waals surface area (Å²) in [5.41, 5.74) is 7.99. The van der Waals surface area contributed by atoms with Crippen LogP contribution in [0.5, 0.6) is 0 Å². The Hall–Kier alpha value is -1.35. The molecule has 0 spiro atoms. The first-order valence-corrected chi connectivity index (χ1v) is 5.60. The lowest BCUT2D eigenvalue weighted by molar-refractivity contribution is -0.138. The minimum Gasteiger partial charge on any atom is -0.480 e. The van der Waals surface area contributed by atoms with Gasteiger partial charge in [-0.15, -0.1) is 0 Å². The fraction of sp³-hybridized carbons (Fsp3) is 0.462. The second-order valence-electron chi connectivity index (χ2n) is 4.14. The lowest BCUT2D eigenvalue weighted by atomic mass is 9.87. The van der Waals surface area contributed by atoms with Gasteiger partial charge in [0.15, 0.2) is 0 Å². The number of carboxylic acids is 1. The first-order chi connectivity index (χ1) is 7.56. The van der Waals surface area contributed by atoms with E-state index >= 15 is 0 Å². The van der Waals surface area contributed by atoms with Crippen LogP contribution in [0.3, 0.4) is 0 Å². The number of carboxylic acid groups (broad SMARTS) is 1. The number of carbonyl (C=O) groups is 1. The van der Waals surface area contributed by atoms with Gasteiger partial charge in [-0.1, -0.05) is 31.2 Å². The number of aryl methyl sites for hydroxylation is 1. The number of benzene rings is 1. The highest BCUT2D eigenvalue weighted by molar-refractivity contribution is 5.73. The van der Waals surface area contributed by atoms with Crippen molar-refractivity contribution in [2.45, 2.75) is 38.6 Å². The van der Waals surface area contributed by atoms with Crippen molar-refractivity contribution in [3.63, 3.8) is 0 Å². The smallest absolute Gasteiger partial charge is 0.320 e. The molecule has 1 rings (SSSR count). The molecule has 0 amide bonds. The van der Waals surface area contributed by atoms with Crippen LogP contribution >= 0.6 is 0 Å². The quantitative estimate of drug-likeness (QED) is 0.801. The third-order valence-corrected chi connectivity index (χ3v) is 2.98. The standard InChI is InChI=1S/C13H19NO2/c1-3-10(8-12(14)13(15)16)11-7-5-4-6-9(11)2/h4-7,10,12H,3,8,14H2,1-2H3,(H,15,16)/t10?,12-/m0/s1. The zero-order valence-electron chi connectivity index (χ0n) is 9.81. The van der Waals surface area contributed by atoms with Crippen molar-refractivity contribution >= 4 is 5.97 Å². The average molecular weight is 221 g/mol. The Morgan fingerprint density at radius 3 is 2.56 bits per heavy atom. The molecular formula is C13H19NO2. The van der Waals surface area contributed by atoms with Gasteiger partial charge in [-0.05, 0) is 36.8 Å². The van der Waals surface area contributed by atoms with Gasteiger partial charge in [0.05, 0.1) is 0 Å². The van der Waals surface area contributed by atoms with Gasteiger partial charge >= 0.3 is 5.97 Å². The van der Waals surface area contributed by atoms with E-state index in [1.165, 1.54) is 11.1 Å². The molecule has 0 saturated heterocycles. The Balaban J connectivity index is 2.83. The van der Waals surface area contributed by atoms with Gasteiger partial charge in [0.2, 0.25) is 0 Å². The zero-order chi connectivity index (χ0) is 12.1. The Morgan fingerprint density at radius 1 is 1.44 bits per heavy atom. The first kappa shape index (κ1) is 12.7. The lowest BCUT2D eigenvalue weighted by Crippen LogP contribution is -2.31. The molecule has 3 N–H and O–H groups in total. The first-order valence-electron chi connectivity index (χ1n) is 5.60. The number of nitrogens with two attached hydrogens (primary N) is 1. The van der Waals surface area contributed by atoms with Crippen molar-refractivity contribution in [2.24, 2.45) is 5.73 Å². The molecule has 88 valence electrons. The third kappa shape index (κ3) is 3.07. The highest BCUT2D eigenvalue weighted by atomic mass is 16.4. The summed E-state index contributed by atoms with van der Waals surface area (Å²) >= 11 is 0. The fourth-order valence-corrected chi connectivity index (χ4v) is 1.97. The van der Waals surface area contributed by atoms with Gasteiger partial charge in [0.25, 0.3) is 0 Å². The largest absolute Gasteiger partial charge is 0.480 e. The van der Waals surface area contributed by atoms with E-state index in [-0.39, 0.29) is 5.92 Å². The lowest BCUT2D eigenvalue weighted by Gasteiger charge is -2.19. The normalized spacial score (nSPS) is 14.4. The van der Waals surface area contributed by atoms with E-state index in [0.717, 1.165) is 6.42 Å². The van der Waals surface area contributed by atoms with E-state index in [0.29, 0.717) is 6.42 Å². The summed E-state index contributed by atoms with van der Waals surface area (Å²) in [4.78, 5) is 10.7. The van der Waals surface area contributed by atoms with E-state index in [9.17, 15) is 4.79 Å². The van der Waals surface area contributed by atoms with Crippen LogP contribution in [0, 0.1) is 6.92 Å². The molecule has 0 aromatic heterocycles. The Bertz CT molecular complexity index is 363. The monoisotopic (exact) mass is 221 g/mol. The van der Waals surface area contributed by atoms with Crippen molar-refractivity contribution in [3.05, 3.63) is 35.4 Å². The minimum atomic E-state index is -0.924. The molecule has 16 heavy (non-hydrogen) atoms. The minimum absolute atomic E-state index is 0.229. The maximum atomic E-state index is 10.7. The van der Waals surface area contributed by atoms with Gasteiger partial charge in [-0.2, -0.15) is 0 Å². The van der Waals surface area contributed by atoms with Crippen molar-refractivity contribution < 1.29 is 9.90 Å². The van der Waals surface area contributed by atoms with E-state index in [1.54, 1.807) is 0 Å². The SMILES string of the molecule is CCC(C[C@H](N)C(=O)O)c1ccccc1C. The number of rotatable bonds is 5. The summed E-state index contributed by atoms with van der Waals surface area (Å²) in [7, 11) is 0. The highest BCUT2D eigenvalue weighted by Gasteiger charge is 2.19. The summed E-state index contributed by atoms with van der Waals surface area (Å²) < 4.78 is 0. The van der Waals surface area contributed by atoms with Crippen LogP contribution in [0.15, 0.2) is 24.3 Å². The average Bonchev–Trinajstić information content (AvgIpc) is 2.26. The van der Waals surface area contributed by atoms with Gasteiger partial charge in [-0.3, -0.25) is 4.79 Å². The van der Waals surface area contributed by atoms with Crippen molar-refractivity contribution in [3.8, 4) is 0 Å². The van der Waals surface area contributed by atoms with E-state index < -0.39 is 12.0 Å². The van der Waals surface area contributed by atoms with Crippen LogP contribution in [0.4, 0.5) is 0 Å². The summed E-state index contributed by atoms with van der Waals surface area (Å²) in [5, 5.41) is 8.82. The summed E-state index contributed by atoms with van der Waals surface area (Å²) in [6.45, 7) is 4.11. The molecule has 0 bridgehead atoms. The number of hydrogen-bond acceptors (Lipinski definition) is 2. The van der Waals surface area contributed by atoms with Crippen molar-refractivity contribution in [2.75, 3.05) is 0 Å². The summed E-state index contributed by atoms with van der Waals surface area (Å²) in [5.74, 6) is -0.695. The molecule has 3 heteroatoms. The maximum absolute atomic E-state index is 10.7. The molecule has 0 saturated carbocycles. The zero-order valence-corrected chi connectivity index (χ0v) is 9.81. The molecule has 0 fully saturated rings. The van der Waals surface area contributed by atoms with Crippen LogP contribution in [0.25, 0.3) is 0 Å². The predicted octanol–water partition coefficient (Wildman–Crippen LogP) is 2.29. The summed E-state index contributed by atoms with van der Waals surface area (Å²) in [6.07, 6.45) is 1.41. The molecule has 0 aliphatic heterocycles. The number of aliphatic carboxylic acids is 1. The van der Waals surface area contributed by atoms with Gasteiger partial charge in [0.1, 0.15) is 6.04 Å². The van der Waals surface area contributed by atoms with E-state index in [4.69, 9.17) is 10.8 Å². The molecule has 0 heterocycles. The summed E-state index contributed by atoms with van der Waals surface area (Å²) in [6, 6.07) is 7.30. The molecule has 1 aromatic rings. The molecular weight excluding hydrogens is 202 g/mol. The molecule has 0 radical (unpaired) electrons. The Morgan fingerprint density at radius 2 is 2.06 bits per heavy atom. The van der Waals surface area contributed by atoms with Crippen molar-refractivity contribution in [1.29, 1.82) is 0 Å². The Kier molecular flexibility index (Phi) is 4.50. The molecule has 3 nitrogen and oxygen atoms in total. The van der Waals surface area contributed by atoms with Crippen LogP contribution in [0.2, 0.25) is 0 Å². The van der Waals surface area contributed by atoms with E-state index in [2.05, 4.69) is 13.0 Å². The third-order valence-electron chi connectivity index (χ3n) is 2.98. The van der Waals surface area contributed by atoms with Gasteiger partial charge in [0, 0.05) is 0 Å². The van der Waals surface area contributed by atoms with Crippen molar-refractivity contribution in [1.82, 2.24) is 0 Å². The Labute approximate surface area is 96.3 Å². The molecule has 1 unspecified atom stereocenters. The van der Waals surface area contributed by atoms with Crippen LogP contribution < -0.4 is 5.73 Å². The fourth-order valence-electron chi connectivity index (χ4n) is 1.97. The van der Waals surface area contributed by atoms with Gasteiger partial charge < -0.3 is 10.8 Å². The van der Waals surface area contributed by atoms with E-state index in [1.807, 2.05) is 25.1 Å². The molecule has 0 aliphatic rings. The predicted molar refractivity (Wildman–Crippen MR) is 64.4 cm³/mol. The van der Waals surface area contributed by atoms with Crippen LogP contribution in [0.1, 0.15) is 36.8 Å². The highest BCUT2D eigenvalue weighted by Crippen LogP contribution is 2.26. The maximum Gasteiger partial charge on any atom is 0.320 e. The molecule has 2 atom stereocenters. The van der Waals surface area contributed by atoms with Crippen LogP contribution in [-0.4, -0.2) is 17.1 Å². The second kappa shape index (κ2) is 5.66. The second-order valence-corrected chi connectivity index (χ2v) is 4.14. The molecule has 0 aliphatic carbocycles. The molecule has 1 aromatic carbocycles.